The topological polar surface area (TPSA) is 542 Å². The van der Waals surface area contributed by atoms with Crippen molar-refractivity contribution >= 4 is 212 Å². The monoisotopic (exact) mass is 2080 g/mol. The molecular formula is C67H92Br8FN17O15SSi. The van der Waals surface area contributed by atoms with Gasteiger partial charge in [-0.25, -0.2) is 34.9 Å². The number of aromatic hydroxyl groups is 4. The normalized spacial score (nSPS) is 16.6. The number of aldehydes is 2. The quantitative estimate of drug-likeness (QED) is 0.00734. The summed E-state index contributed by atoms with van der Waals surface area (Å²) in [6, 6.07) is 14.0. The van der Waals surface area contributed by atoms with E-state index >= 15 is 0 Å². The Balaban J connectivity index is 0.00000122. The summed E-state index contributed by atoms with van der Waals surface area (Å²) in [6.45, 7) is 14.2. The van der Waals surface area contributed by atoms with Crippen molar-refractivity contribution in [2.75, 3.05) is 39.8 Å². The third-order valence-electron chi connectivity index (χ3n) is 15.5. The first-order valence-corrected chi connectivity index (χ1v) is 46.1. The molecule has 8 aromatic rings. The Bertz CT molecular complexity index is 4110. The maximum atomic E-state index is 11.8. The maximum Gasteiger partial charge on any atom is 0.308 e. The van der Waals surface area contributed by atoms with Crippen LogP contribution in [0.15, 0.2) is 131 Å². The molecule has 4 aromatic carbocycles. The fourth-order valence-electron chi connectivity index (χ4n) is 8.40. The van der Waals surface area contributed by atoms with Gasteiger partial charge in [-0.3, -0.25) is 39.0 Å². The van der Waals surface area contributed by atoms with E-state index in [1.807, 2.05) is 6.07 Å². The lowest BCUT2D eigenvalue weighted by Gasteiger charge is -2.32. The molecule has 0 unspecified atom stereocenters. The van der Waals surface area contributed by atoms with Crippen LogP contribution in [0.3, 0.4) is 0 Å². The number of rotatable bonds is 9. The fourth-order valence-corrected chi connectivity index (χ4v) is 11.0. The second-order valence-electron chi connectivity index (χ2n) is 25.4. The van der Waals surface area contributed by atoms with Crippen molar-refractivity contribution in [3.05, 3.63) is 157 Å². The maximum absolute atomic E-state index is 11.8. The molecule has 0 radical (unpaired) electrons. The zero-order valence-corrected chi connectivity index (χ0v) is 74.4. The minimum Gasteiger partial charge on any atom is -0.506 e. The SMILES string of the molecule is BrBr.C.CC(C)(C)[Si](C)(C)C.CS(=O)(=O)OC1CCC(Nc2ncc(Br)cn2)CC1.Fc1ncc(Br)cn1.NC1CCC(O)CC1.Nc1c(O)cc(Br)cc1[N+](=O)[O-].Nc1c(O)cccc1[N+](=O)[O-].Nc1cc(Br)cc(O)c1N.O=CC=O.OC1CCC(Nc2ncc(Br)cn2)CC1.Oc1cc(Br)cc2nccnc12. The van der Waals surface area contributed by atoms with Crippen LogP contribution in [0.25, 0.3) is 11.0 Å². The second kappa shape index (κ2) is 53.4. The van der Waals surface area contributed by atoms with Gasteiger partial charge in [-0.2, -0.15) is 12.8 Å². The molecule has 4 heterocycles. The van der Waals surface area contributed by atoms with Crippen molar-refractivity contribution in [2.24, 2.45) is 5.73 Å². The minimum absolute atomic E-state index is 0. The summed E-state index contributed by atoms with van der Waals surface area (Å²) in [5, 5.41) is 82.4. The summed E-state index contributed by atoms with van der Waals surface area (Å²) in [5.74, 6) is 0.852. The van der Waals surface area contributed by atoms with Gasteiger partial charge in [0.15, 0.2) is 23.9 Å². The number of benzene rings is 4. The number of phenols is 4. The van der Waals surface area contributed by atoms with E-state index in [0.29, 0.717) is 54.7 Å². The number of fused-ring (bicyclic) bond motifs is 1. The molecule has 0 aliphatic heterocycles. The lowest BCUT2D eigenvalue weighted by molar-refractivity contribution is -0.384. The highest BCUT2D eigenvalue weighted by Gasteiger charge is 2.29. The Morgan fingerprint density at radius 2 is 0.927 bits per heavy atom. The average molecular weight is 2090 g/mol. The van der Waals surface area contributed by atoms with Gasteiger partial charge in [-0.15, -0.1) is 0 Å². The highest BCUT2D eigenvalue weighted by atomic mass is 80.9. The van der Waals surface area contributed by atoms with Crippen LogP contribution < -0.4 is 39.3 Å². The first-order valence-electron chi connectivity index (χ1n) is 32.3. The number of nitro groups is 2. The van der Waals surface area contributed by atoms with Crippen LogP contribution in [0.4, 0.5) is 50.4 Å². The lowest BCUT2D eigenvalue weighted by Crippen LogP contribution is -2.32. The number of hydrogen-bond acceptors (Lipinski definition) is 30. The number of hydrogen-bond donors (Lipinski definition) is 13. The van der Waals surface area contributed by atoms with Gasteiger partial charge in [-0.1, -0.05) is 102 Å². The molecular weight excluding hydrogens is 2000 g/mol. The van der Waals surface area contributed by atoms with E-state index in [4.69, 9.17) is 62.9 Å². The van der Waals surface area contributed by atoms with Crippen LogP contribution in [0.2, 0.25) is 24.7 Å². The van der Waals surface area contributed by atoms with E-state index in [1.54, 1.807) is 49.3 Å². The van der Waals surface area contributed by atoms with Gasteiger partial charge >= 0.3 is 6.08 Å². The van der Waals surface area contributed by atoms with Crippen LogP contribution in [-0.2, 0) is 23.9 Å². The number of nitro benzene ring substituents is 2. The molecule has 608 valence electrons. The molecule has 4 aromatic heterocycles. The molecule has 0 amide bonds. The fraction of sp³-hybridized carbons (Fsp3) is 0.403. The zero-order chi connectivity index (χ0) is 82.9. The van der Waals surface area contributed by atoms with Gasteiger partial charge in [0.1, 0.15) is 28.5 Å². The van der Waals surface area contributed by atoms with Gasteiger partial charge in [0.2, 0.25) is 11.9 Å². The predicted octanol–water partition coefficient (Wildman–Crippen LogP) is 16.3. The van der Waals surface area contributed by atoms with E-state index in [-0.39, 0.29) is 95.8 Å². The van der Waals surface area contributed by atoms with Crippen molar-refractivity contribution in [1.29, 1.82) is 0 Å². The molecule has 18 N–H and O–H groups in total. The van der Waals surface area contributed by atoms with Gasteiger partial charge in [0, 0.05) is 130 Å². The molecule has 0 bridgehead atoms. The van der Waals surface area contributed by atoms with Gasteiger partial charge in [0.25, 0.3) is 21.5 Å². The molecule has 0 atom stereocenters. The number of phenolic OH excluding ortho intramolecular Hbond substituents is 4. The van der Waals surface area contributed by atoms with Crippen molar-refractivity contribution in [1.82, 2.24) is 39.9 Å². The molecule has 3 aliphatic carbocycles. The lowest BCUT2D eigenvalue weighted by atomic mass is 9.93. The number of nitrogens with zero attached hydrogens (tertiary/aromatic N) is 10. The van der Waals surface area contributed by atoms with E-state index in [1.165, 1.54) is 48.8 Å². The van der Waals surface area contributed by atoms with Gasteiger partial charge in [0.05, 0.1) is 64.7 Å². The molecule has 110 heavy (non-hydrogen) atoms. The number of para-hydroxylation sites is 1. The molecule has 11 rings (SSSR count). The van der Waals surface area contributed by atoms with Crippen LogP contribution in [0.1, 0.15) is 105 Å². The third kappa shape index (κ3) is 43.4. The standard InChI is InChI=1S/C11H16BrN3O3S.C10H14BrN3O.C8H5BrN2O.C7H18Si.C6H5BrN2O3.C6H7BrN2O.C6H6N2O3.C6H13NO.C4H2BrFN2.C2H2O2.CH4.Br2/c1-19(16,17)18-10-4-2-9(3-5-10)15-11-13-6-8(12)7-14-11;11-7-5-12-10(13-6-7)14-8-1-3-9(15)4-2-8;9-5-3-6-8(7(12)4-5)11-2-1-10-6;1-7(2,3)8(4,5)6;7-3-1-4(9(11)12)6(8)5(10)2-3;7-3-1-4(8)6(9)5(10)2-3;7-6-4(8(10)11)2-1-3-5(6)9;7-5-1-3-6(8)4-2-5;5-3-1-7-4(6)8-2-3;3-1-2-4;;1-2/h6-7,9-10H,2-5H2,1H3,(H,13,14,15);5-6,8-9,15H,1-4H2,(H,12,13,14);1-4,12H;1-6H3;1-2,10H,8H2;1-2,10H,8-9H2;1-3,9H,7H2;5-6,8H,1-4,7H2;1-2H;1-2H;1H4;. The first kappa shape index (κ1) is 103. The van der Waals surface area contributed by atoms with Crippen molar-refractivity contribution in [3.8, 4) is 23.0 Å². The molecule has 3 aliphatic rings. The summed E-state index contributed by atoms with van der Waals surface area (Å²) >= 11 is 24.5. The van der Waals surface area contributed by atoms with Crippen LogP contribution in [-0.4, -0.2) is 152 Å². The van der Waals surface area contributed by atoms with E-state index in [0.717, 1.165) is 101 Å². The zero-order valence-electron chi connectivity index (χ0n) is 59.9. The number of halogens is 9. The molecule has 43 heteroatoms. The van der Waals surface area contributed by atoms with Gasteiger partial charge in [-0.05, 0) is 166 Å². The van der Waals surface area contributed by atoms with Crippen molar-refractivity contribution in [3.63, 3.8) is 0 Å². The van der Waals surface area contributed by atoms with E-state index in [9.17, 15) is 43.2 Å². The first-order chi connectivity index (χ1) is 50.9. The third-order valence-corrected chi connectivity index (χ3v) is 23.2. The number of nitrogens with one attached hydrogen (secondary N) is 2. The van der Waals surface area contributed by atoms with Crippen LogP contribution in [0.5, 0.6) is 23.0 Å². The molecule has 0 saturated heterocycles. The minimum atomic E-state index is -3.36. The number of aliphatic hydroxyl groups excluding tert-OH is 2. The Labute approximate surface area is 704 Å². The molecule has 0 spiro atoms. The summed E-state index contributed by atoms with van der Waals surface area (Å²) in [6.07, 6.45) is 23.7. The van der Waals surface area contributed by atoms with E-state index < -0.39 is 34.1 Å². The highest BCUT2D eigenvalue weighted by Crippen LogP contribution is 2.37. The molecule has 3 fully saturated rings. The number of carbonyl (C=O) groups excluding carboxylic acids is 2. The van der Waals surface area contributed by atoms with Gasteiger partial charge < -0.3 is 69.9 Å². The van der Waals surface area contributed by atoms with Crippen LogP contribution >= 0.6 is 124 Å². The number of nitrogens with two attached hydrogens (primary N) is 5. The Morgan fingerprint density at radius 1 is 0.555 bits per heavy atom. The predicted molar refractivity (Wildman–Crippen MR) is 458 cm³/mol. The Kier molecular flexibility index (Phi) is 50.2. The molecule has 32 nitrogen and oxygen atoms in total. The number of nitrogen functional groups attached to an aromatic ring is 4. The summed E-state index contributed by atoms with van der Waals surface area (Å²) in [4.78, 5) is 68.0. The smallest absolute Gasteiger partial charge is 0.308 e. The highest BCUT2D eigenvalue weighted by molar-refractivity contribution is 9.93. The average Bonchev–Trinajstić information content (AvgIpc) is 0.829. The van der Waals surface area contributed by atoms with Crippen molar-refractivity contribution < 1.29 is 67.1 Å². The van der Waals surface area contributed by atoms with Crippen LogP contribution in [0, 0.1) is 26.3 Å². The Hall–Kier alpha value is -6.62. The van der Waals surface area contributed by atoms with Crippen molar-refractivity contribution in [2.45, 2.75) is 166 Å². The number of anilines is 6. The summed E-state index contributed by atoms with van der Waals surface area (Å²) in [5.41, 5.74) is 27.6. The largest absolute Gasteiger partial charge is 0.506 e. The number of carbonyl (C=O) groups is 2. The second-order valence-corrected chi connectivity index (χ2v) is 38.5. The summed E-state index contributed by atoms with van der Waals surface area (Å²) in [7, 11) is -4.21. The summed E-state index contributed by atoms with van der Waals surface area (Å²) < 4.78 is 43.3. The molecule has 3 saturated carbocycles. The number of aromatic nitrogens is 8. The number of aliphatic hydroxyl groups is 2. The van der Waals surface area contributed by atoms with E-state index in [2.05, 4.69) is 215 Å². The Morgan fingerprint density at radius 3 is 1.31 bits per heavy atom.